The summed E-state index contributed by atoms with van der Waals surface area (Å²) in [6.45, 7) is 4.88. The van der Waals surface area contributed by atoms with Gasteiger partial charge in [-0.1, -0.05) is 12.1 Å². The molecule has 0 saturated carbocycles. The predicted molar refractivity (Wildman–Crippen MR) is 68.6 cm³/mol. The lowest BCUT2D eigenvalue weighted by Crippen LogP contribution is -2.50. The van der Waals surface area contributed by atoms with E-state index >= 15 is 0 Å². The van der Waals surface area contributed by atoms with Crippen LogP contribution in [0.2, 0.25) is 0 Å². The molecule has 3 nitrogen and oxygen atoms in total. The predicted octanol–water partition coefficient (Wildman–Crippen LogP) is 1.89. The number of nitrogens with one attached hydrogen (secondary N) is 2. The van der Waals surface area contributed by atoms with E-state index in [1.807, 2.05) is 13.0 Å². The molecule has 0 spiro atoms. The Morgan fingerprint density at radius 3 is 2.94 bits per heavy atom. The van der Waals surface area contributed by atoms with Crippen molar-refractivity contribution in [3.8, 4) is 0 Å². The summed E-state index contributed by atoms with van der Waals surface area (Å²) < 4.78 is 13.4. The minimum Gasteiger partial charge on any atom is -0.350 e. The Labute approximate surface area is 107 Å². The van der Waals surface area contributed by atoms with Gasteiger partial charge in [0.2, 0.25) is 5.91 Å². The summed E-state index contributed by atoms with van der Waals surface area (Å²) in [5.41, 5.74) is 0.936. The molecule has 18 heavy (non-hydrogen) atoms. The van der Waals surface area contributed by atoms with Crippen LogP contribution in [0, 0.1) is 12.7 Å². The van der Waals surface area contributed by atoms with Crippen LogP contribution in [0.25, 0.3) is 0 Å². The molecular weight excluding hydrogens is 231 g/mol. The zero-order chi connectivity index (χ0) is 13.2. The van der Waals surface area contributed by atoms with E-state index in [0.717, 1.165) is 24.9 Å². The molecule has 2 rings (SSSR count). The van der Waals surface area contributed by atoms with Crippen LogP contribution in [-0.2, 0) is 11.3 Å². The Morgan fingerprint density at radius 2 is 2.33 bits per heavy atom. The second kappa shape index (κ2) is 5.06. The fourth-order valence-corrected chi connectivity index (χ4v) is 2.21. The monoisotopic (exact) mass is 250 g/mol. The van der Waals surface area contributed by atoms with Crippen molar-refractivity contribution in [2.24, 2.45) is 0 Å². The first-order valence-corrected chi connectivity index (χ1v) is 6.30. The van der Waals surface area contributed by atoms with Crippen molar-refractivity contribution < 1.29 is 9.18 Å². The lowest BCUT2D eigenvalue weighted by atomic mass is 9.99. The van der Waals surface area contributed by atoms with Crippen LogP contribution in [0.15, 0.2) is 18.2 Å². The Balaban J connectivity index is 1.95. The van der Waals surface area contributed by atoms with E-state index in [1.165, 1.54) is 6.07 Å². The van der Waals surface area contributed by atoms with Crippen LogP contribution >= 0.6 is 0 Å². The van der Waals surface area contributed by atoms with Gasteiger partial charge in [-0.2, -0.15) is 0 Å². The zero-order valence-electron chi connectivity index (χ0n) is 10.8. The normalized spacial score (nSPS) is 23.1. The number of halogens is 1. The lowest BCUT2D eigenvalue weighted by molar-refractivity contribution is -0.126. The molecule has 1 aliphatic rings. The van der Waals surface area contributed by atoms with Crippen molar-refractivity contribution in [3.63, 3.8) is 0 Å². The van der Waals surface area contributed by atoms with Gasteiger partial charge in [0, 0.05) is 6.54 Å². The van der Waals surface area contributed by atoms with Gasteiger partial charge in [0.15, 0.2) is 0 Å². The standard InChI is InChI=1S/C14H19FN2O/c1-10-4-5-11(8-12(10)15)9-16-13(18)14(2)6-3-7-17-14/h4-5,8,17H,3,6-7,9H2,1-2H3,(H,16,18). The van der Waals surface area contributed by atoms with Crippen molar-refractivity contribution in [1.29, 1.82) is 0 Å². The zero-order valence-corrected chi connectivity index (χ0v) is 10.8. The number of hydrogen-bond acceptors (Lipinski definition) is 2. The van der Waals surface area contributed by atoms with E-state index in [-0.39, 0.29) is 11.7 Å². The van der Waals surface area contributed by atoms with Gasteiger partial charge < -0.3 is 10.6 Å². The van der Waals surface area contributed by atoms with Crippen LogP contribution in [0.3, 0.4) is 0 Å². The van der Waals surface area contributed by atoms with E-state index in [0.29, 0.717) is 12.1 Å². The highest BCUT2D eigenvalue weighted by Crippen LogP contribution is 2.18. The minimum absolute atomic E-state index is 0.0130. The molecule has 0 aliphatic carbocycles. The molecule has 0 bridgehead atoms. The lowest BCUT2D eigenvalue weighted by Gasteiger charge is -2.23. The molecule has 1 aromatic rings. The number of carbonyl (C=O) groups is 1. The van der Waals surface area contributed by atoms with Crippen molar-refractivity contribution >= 4 is 5.91 Å². The molecule has 1 unspecified atom stereocenters. The number of rotatable bonds is 3. The van der Waals surface area contributed by atoms with Gasteiger partial charge >= 0.3 is 0 Å². The minimum atomic E-state index is -0.469. The van der Waals surface area contributed by atoms with E-state index in [2.05, 4.69) is 10.6 Å². The average Bonchev–Trinajstić information content (AvgIpc) is 2.79. The molecule has 98 valence electrons. The molecule has 1 fully saturated rings. The molecule has 1 saturated heterocycles. The van der Waals surface area contributed by atoms with Crippen LogP contribution < -0.4 is 10.6 Å². The van der Waals surface area contributed by atoms with Crippen molar-refractivity contribution in [1.82, 2.24) is 10.6 Å². The Kier molecular flexibility index (Phi) is 3.66. The van der Waals surface area contributed by atoms with Crippen molar-refractivity contribution in [3.05, 3.63) is 35.1 Å². The highest BCUT2D eigenvalue weighted by molar-refractivity contribution is 5.86. The quantitative estimate of drug-likeness (QED) is 0.860. The third-order valence-corrected chi connectivity index (χ3v) is 3.56. The van der Waals surface area contributed by atoms with E-state index in [9.17, 15) is 9.18 Å². The van der Waals surface area contributed by atoms with Gasteiger partial charge in [-0.3, -0.25) is 4.79 Å². The Bertz CT molecular complexity index is 453. The summed E-state index contributed by atoms with van der Waals surface area (Å²) in [4.78, 5) is 12.0. The fourth-order valence-electron chi connectivity index (χ4n) is 2.21. The number of amides is 1. The SMILES string of the molecule is Cc1ccc(CNC(=O)C2(C)CCCN2)cc1F. The van der Waals surface area contributed by atoms with Crippen LogP contribution in [0.5, 0.6) is 0 Å². The molecule has 1 heterocycles. The second-order valence-corrected chi connectivity index (χ2v) is 5.13. The maximum Gasteiger partial charge on any atom is 0.240 e. The summed E-state index contributed by atoms with van der Waals surface area (Å²) in [5.74, 6) is -0.243. The van der Waals surface area contributed by atoms with Crippen molar-refractivity contribution in [2.45, 2.75) is 38.8 Å². The van der Waals surface area contributed by atoms with Gasteiger partial charge in [-0.05, 0) is 50.4 Å². The van der Waals surface area contributed by atoms with Crippen LogP contribution in [-0.4, -0.2) is 18.0 Å². The molecule has 0 aromatic heterocycles. The molecule has 0 radical (unpaired) electrons. The molecule has 4 heteroatoms. The number of hydrogen-bond donors (Lipinski definition) is 2. The number of carbonyl (C=O) groups excluding carboxylic acids is 1. The maximum atomic E-state index is 13.4. The molecular formula is C14H19FN2O. The highest BCUT2D eigenvalue weighted by Gasteiger charge is 2.35. The summed E-state index contributed by atoms with van der Waals surface area (Å²) in [5, 5.41) is 6.06. The third kappa shape index (κ3) is 2.70. The summed E-state index contributed by atoms with van der Waals surface area (Å²) in [6, 6.07) is 5.04. The largest absolute Gasteiger partial charge is 0.350 e. The van der Waals surface area contributed by atoms with Crippen LogP contribution in [0.1, 0.15) is 30.9 Å². The first-order chi connectivity index (χ1) is 8.51. The van der Waals surface area contributed by atoms with Gasteiger partial charge in [0.1, 0.15) is 5.82 Å². The maximum absolute atomic E-state index is 13.4. The third-order valence-electron chi connectivity index (χ3n) is 3.56. The first kappa shape index (κ1) is 13.0. The molecule has 1 aliphatic heterocycles. The summed E-state index contributed by atoms with van der Waals surface area (Å²) in [6.07, 6.45) is 1.87. The molecule has 1 atom stereocenters. The van der Waals surface area contributed by atoms with E-state index < -0.39 is 5.54 Å². The molecule has 1 amide bonds. The topological polar surface area (TPSA) is 41.1 Å². The molecule has 2 N–H and O–H groups in total. The second-order valence-electron chi connectivity index (χ2n) is 5.13. The first-order valence-electron chi connectivity index (χ1n) is 6.30. The van der Waals surface area contributed by atoms with E-state index in [4.69, 9.17) is 0 Å². The smallest absolute Gasteiger partial charge is 0.240 e. The summed E-state index contributed by atoms with van der Waals surface area (Å²) in [7, 11) is 0. The van der Waals surface area contributed by atoms with Gasteiger partial charge in [0.05, 0.1) is 5.54 Å². The van der Waals surface area contributed by atoms with Gasteiger partial charge in [-0.15, -0.1) is 0 Å². The number of benzene rings is 1. The fraction of sp³-hybridized carbons (Fsp3) is 0.500. The van der Waals surface area contributed by atoms with Crippen molar-refractivity contribution in [2.75, 3.05) is 6.54 Å². The Morgan fingerprint density at radius 1 is 1.56 bits per heavy atom. The molecule has 1 aromatic carbocycles. The number of aryl methyl sites for hydroxylation is 1. The van der Waals surface area contributed by atoms with Gasteiger partial charge in [0.25, 0.3) is 0 Å². The summed E-state index contributed by atoms with van der Waals surface area (Å²) >= 11 is 0. The average molecular weight is 250 g/mol. The highest BCUT2D eigenvalue weighted by atomic mass is 19.1. The Hall–Kier alpha value is -1.42. The van der Waals surface area contributed by atoms with E-state index in [1.54, 1.807) is 13.0 Å². The van der Waals surface area contributed by atoms with Crippen LogP contribution in [0.4, 0.5) is 4.39 Å². The van der Waals surface area contributed by atoms with Gasteiger partial charge in [-0.25, -0.2) is 4.39 Å².